The molecule has 3 N–H and O–H groups in total. The molecule has 0 bridgehead atoms. The Balaban J connectivity index is 1.75. The predicted molar refractivity (Wildman–Crippen MR) is 103 cm³/mol. The monoisotopic (exact) mass is 390 g/mol. The van der Waals surface area contributed by atoms with Gasteiger partial charge in [0.15, 0.2) is 12.4 Å². The van der Waals surface area contributed by atoms with Gasteiger partial charge in [0.1, 0.15) is 5.00 Å². The Morgan fingerprint density at radius 3 is 2.59 bits per heavy atom. The van der Waals surface area contributed by atoms with Crippen LogP contribution in [0.15, 0.2) is 0 Å². The number of hydrogen-bond acceptors (Lipinski definition) is 9. The van der Waals surface area contributed by atoms with Gasteiger partial charge in [0.25, 0.3) is 0 Å². The minimum absolute atomic E-state index is 0.0498. The number of esters is 1. The van der Waals surface area contributed by atoms with Crippen molar-refractivity contribution in [1.29, 1.82) is 0 Å². The summed E-state index contributed by atoms with van der Waals surface area (Å²) in [6, 6.07) is 0. The van der Waals surface area contributed by atoms with E-state index in [-0.39, 0.29) is 30.2 Å². The molecule has 0 aliphatic heterocycles. The number of rotatable bonds is 6. The molecule has 2 heterocycles. The number of carbonyl (C=O) groups is 2. The number of aryl methyl sites for hydroxylation is 1. The molecule has 0 radical (unpaired) electrons. The first kappa shape index (κ1) is 19.0. The van der Waals surface area contributed by atoms with Gasteiger partial charge in [-0.1, -0.05) is 0 Å². The van der Waals surface area contributed by atoms with E-state index >= 15 is 0 Å². The molecule has 2 aromatic rings. The lowest BCUT2D eigenvalue weighted by atomic mass is 10.1. The van der Waals surface area contributed by atoms with Crippen LogP contribution >= 0.6 is 11.3 Å². The van der Waals surface area contributed by atoms with Gasteiger partial charge in [0.2, 0.25) is 17.8 Å². The number of nitrogens with two attached hydrogens (primary N) is 1. The summed E-state index contributed by atoms with van der Waals surface area (Å²) >= 11 is 1.37. The van der Waals surface area contributed by atoms with Gasteiger partial charge in [-0.15, -0.1) is 11.3 Å². The van der Waals surface area contributed by atoms with Gasteiger partial charge >= 0.3 is 5.97 Å². The average Bonchev–Trinajstić information content (AvgIpc) is 3.40. The number of aromatic nitrogens is 3. The first-order chi connectivity index (χ1) is 12.8. The zero-order valence-electron chi connectivity index (χ0n) is 15.7. The van der Waals surface area contributed by atoms with Crippen molar-refractivity contribution in [3.05, 3.63) is 21.8 Å². The van der Waals surface area contributed by atoms with Crippen LogP contribution in [0.5, 0.6) is 0 Å². The minimum atomic E-state index is -0.534. The third-order valence-corrected chi connectivity index (χ3v) is 5.32. The van der Waals surface area contributed by atoms with Crippen LogP contribution in [-0.4, -0.2) is 40.9 Å². The van der Waals surface area contributed by atoms with Crippen molar-refractivity contribution in [2.45, 2.75) is 33.3 Å². The summed E-state index contributed by atoms with van der Waals surface area (Å²) in [5, 5.41) is 3.38. The molecule has 1 aliphatic rings. The lowest BCUT2D eigenvalue weighted by Gasteiger charge is -2.12. The first-order valence-electron chi connectivity index (χ1n) is 8.52. The largest absolute Gasteiger partial charge is 0.454 e. The maximum absolute atomic E-state index is 12.7. The second-order valence-corrected chi connectivity index (χ2v) is 7.86. The topological polar surface area (TPSA) is 123 Å². The molecular weight excluding hydrogens is 368 g/mol. The van der Waals surface area contributed by atoms with Gasteiger partial charge in [-0.2, -0.15) is 15.0 Å². The first-order valence-corrected chi connectivity index (χ1v) is 9.33. The Morgan fingerprint density at radius 2 is 1.96 bits per heavy atom. The molecule has 0 atom stereocenters. The lowest BCUT2D eigenvalue weighted by molar-refractivity contribution is -0.117. The van der Waals surface area contributed by atoms with Gasteiger partial charge < -0.3 is 20.7 Å². The van der Waals surface area contributed by atoms with E-state index in [4.69, 9.17) is 10.5 Å². The van der Waals surface area contributed by atoms with Gasteiger partial charge in [-0.3, -0.25) is 4.79 Å². The number of amides is 1. The number of thiophene rings is 1. The number of ether oxygens (including phenoxy) is 1. The molecule has 0 spiro atoms. The molecule has 0 aromatic carbocycles. The molecule has 9 nitrogen and oxygen atoms in total. The lowest BCUT2D eigenvalue weighted by Crippen LogP contribution is -2.18. The van der Waals surface area contributed by atoms with Crippen LogP contribution in [0, 0.1) is 19.8 Å². The van der Waals surface area contributed by atoms with E-state index in [0.29, 0.717) is 16.5 Å². The Morgan fingerprint density at radius 1 is 1.26 bits per heavy atom. The Bertz CT molecular complexity index is 891. The molecule has 0 saturated heterocycles. The van der Waals surface area contributed by atoms with Crippen molar-refractivity contribution in [2.75, 3.05) is 30.0 Å². The van der Waals surface area contributed by atoms with Gasteiger partial charge in [-0.05, 0) is 32.3 Å². The summed E-state index contributed by atoms with van der Waals surface area (Å²) in [6.45, 7) is 3.59. The van der Waals surface area contributed by atoms with Crippen molar-refractivity contribution in [3.63, 3.8) is 0 Å². The van der Waals surface area contributed by atoms with Crippen molar-refractivity contribution in [1.82, 2.24) is 15.0 Å². The number of nitrogens with one attached hydrogen (secondary N) is 1. The van der Waals surface area contributed by atoms with E-state index < -0.39 is 5.97 Å². The van der Waals surface area contributed by atoms with Crippen molar-refractivity contribution >= 4 is 40.1 Å². The Labute approximate surface area is 161 Å². The Hall–Kier alpha value is -2.75. The summed E-state index contributed by atoms with van der Waals surface area (Å²) in [6.07, 6.45) is 1.79. The molecule has 1 aliphatic carbocycles. The summed E-state index contributed by atoms with van der Waals surface area (Å²) in [4.78, 5) is 39.6. The highest BCUT2D eigenvalue weighted by Crippen LogP contribution is 2.36. The quantitative estimate of drug-likeness (QED) is 0.717. The highest BCUT2D eigenvalue weighted by molar-refractivity contribution is 7.16. The SMILES string of the molecule is Cc1sc(NC(=O)C2CC2)c(C(=O)OCc2nc(N)nc(N(C)C)n2)c1C. The van der Waals surface area contributed by atoms with E-state index in [1.165, 1.54) is 11.3 Å². The molecule has 10 heteroatoms. The molecule has 3 rings (SSSR count). The number of hydrogen-bond donors (Lipinski definition) is 2. The van der Waals surface area contributed by atoms with Crippen LogP contribution in [-0.2, 0) is 16.1 Å². The summed E-state index contributed by atoms with van der Waals surface area (Å²) < 4.78 is 5.39. The molecule has 1 amide bonds. The van der Waals surface area contributed by atoms with E-state index in [2.05, 4.69) is 20.3 Å². The fourth-order valence-corrected chi connectivity index (χ4v) is 3.46. The smallest absolute Gasteiger partial charge is 0.341 e. The predicted octanol–water partition coefficient (Wildman–Crippen LogP) is 1.90. The van der Waals surface area contributed by atoms with Crippen LogP contribution in [0.2, 0.25) is 0 Å². The molecule has 1 fully saturated rings. The van der Waals surface area contributed by atoms with E-state index in [1.807, 2.05) is 13.8 Å². The van der Waals surface area contributed by atoms with Gasteiger partial charge in [-0.25, -0.2) is 4.79 Å². The molecule has 2 aromatic heterocycles. The van der Waals surface area contributed by atoms with Crippen LogP contribution < -0.4 is 16.0 Å². The van der Waals surface area contributed by atoms with Crippen LogP contribution in [0.1, 0.15) is 39.5 Å². The molecule has 144 valence electrons. The van der Waals surface area contributed by atoms with Crippen LogP contribution in [0.3, 0.4) is 0 Å². The van der Waals surface area contributed by atoms with Crippen LogP contribution in [0.25, 0.3) is 0 Å². The third-order valence-electron chi connectivity index (χ3n) is 4.19. The highest BCUT2D eigenvalue weighted by Gasteiger charge is 2.31. The van der Waals surface area contributed by atoms with Crippen molar-refractivity contribution < 1.29 is 14.3 Å². The van der Waals surface area contributed by atoms with E-state index in [9.17, 15) is 9.59 Å². The second-order valence-electron chi connectivity index (χ2n) is 6.63. The van der Waals surface area contributed by atoms with Crippen molar-refractivity contribution in [2.24, 2.45) is 5.92 Å². The molecule has 1 saturated carbocycles. The maximum atomic E-state index is 12.7. The number of nitrogen functional groups attached to an aromatic ring is 1. The Kier molecular flexibility index (Phi) is 5.26. The fraction of sp³-hybridized carbons (Fsp3) is 0.471. The second kappa shape index (κ2) is 7.47. The molecule has 0 unspecified atom stereocenters. The summed E-state index contributed by atoms with van der Waals surface area (Å²) in [5.41, 5.74) is 6.85. The van der Waals surface area contributed by atoms with E-state index in [0.717, 1.165) is 23.3 Å². The fourth-order valence-electron chi connectivity index (χ4n) is 2.41. The zero-order chi connectivity index (χ0) is 19.7. The standard InChI is InChI=1S/C17H22N6O3S/c1-8-9(2)27-14(21-13(24)10-5-6-10)12(8)15(25)26-7-11-19-16(18)22-17(20-11)23(3)4/h10H,5-7H2,1-4H3,(H,21,24)(H2,18,19,20,22). The minimum Gasteiger partial charge on any atom is -0.454 e. The third kappa shape index (κ3) is 4.33. The highest BCUT2D eigenvalue weighted by atomic mass is 32.1. The molecule has 27 heavy (non-hydrogen) atoms. The summed E-state index contributed by atoms with van der Waals surface area (Å²) in [5.74, 6) is 0.162. The number of anilines is 3. The summed E-state index contributed by atoms with van der Waals surface area (Å²) in [7, 11) is 3.55. The van der Waals surface area contributed by atoms with E-state index in [1.54, 1.807) is 19.0 Å². The van der Waals surface area contributed by atoms with Gasteiger partial charge in [0, 0.05) is 24.9 Å². The number of carbonyl (C=O) groups excluding carboxylic acids is 2. The van der Waals surface area contributed by atoms with Gasteiger partial charge in [0.05, 0.1) is 5.56 Å². The normalized spacial score (nSPS) is 13.3. The van der Waals surface area contributed by atoms with Crippen molar-refractivity contribution in [3.8, 4) is 0 Å². The maximum Gasteiger partial charge on any atom is 0.341 e. The number of nitrogens with zero attached hydrogens (tertiary/aromatic N) is 4. The zero-order valence-corrected chi connectivity index (χ0v) is 16.5. The van der Waals surface area contributed by atoms with Crippen LogP contribution in [0.4, 0.5) is 16.9 Å². The molecular formula is C17H22N6O3S. The average molecular weight is 390 g/mol.